The van der Waals surface area contributed by atoms with Crippen LogP contribution in [0.3, 0.4) is 0 Å². The molecule has 1 unspecified atom stereocenters. The molecule has 0 saturated carbocycles. The van der Waals surface area contributed by atoms with Crippen LogP contribution < -0.4 is 4.90 Å². The Balaban J connectivity index is 1.34. The molecule has 2 fully saturated rings. The Hall–Kier alpha value is -1.78. The first-order chi connectivity index (χ1) is 13.5. The van der Waals surface area contributed by atoms with Gasteiger partial charge in [0.15, 0.2) is 0 Å². The number of carbonyl (C=O) groups is 1. The van der Waals surface area contributed by atoms with Crippen molar-refractivity contribution in [3.05, 3.63) is 63.9 Å². The van der Waals surface area contributed by atoms with E-state index in [4.69, 9.17) is 23.2 Å². The number of piperidine rings is 1. The van der Waals surface area contributed by atoms with E-state index in [1.165, 1.54) is 12.1 Å². The van der Waals surface area contributed by atoms with E-state index in [0.29, 0.717) is 22.5 Å². The number of halogens is 3. The van der Waals surface area contributed by atoms with E-state index in [2.05, 4.69) is 4.90 Å². The van der Waals surface area contributed by atoms with Crippen molar-refractivity contribution < 1.29 is 9.18 Å². The third-order valence-corrected chi connectivity index (χ3v) is 6.37. The van der Waals surface area contributed by atoms with Crippen LogP contribution in [-0.4, -0.2) is 30.4 Å². The van der Waals surface area contributed by atoms with Crippen LogP contribution >= 0.6 is 23.2 Å². The van der Waals surface area contributed by atoms with E-state index in [-0.39, 0.29) is 17.6 Å². The van der Waals surface area contributed by atoms with Gasteiger partial charge in [0.2, 0.25) is 5.91 Å². The van der Waals surface area contributed by atoms with Gasteiger partial charge in [0.1, 0.15) is 5.82 Å². The number of carbonyl (C=O) groups excluding carboxylic acids is 1. The number of likely N-dealkylation sites (tertiary alicyclic amines) is 1. The summed E-state index contributed by atoms with van der Waals surface area (Å²) in [6.07, 6.45) is 2.89. The molecule has 2 heterocycles. The Bertz CT molecular complexity index is 830. The minimum atomic E-state index is -0.212. The lowest BCUT2D eigenvalue weighted by Crippen LogP contribution is -2.38. The maximum Gasteiger partial charge on any atom is 0.226 e. The fraction of sp³-hybridized carbons (Fsp3) is 0.409. The van der Waals surface area contributed by atoms with Crippen molar-refractivity contribution in [3.63, 3.8) is 0 Å². The van der Waals surface area contributed by atoms with Crippen molar-refractivity contribution >= 4 is 34.8 Å². The number of hydrogen-bond acceptors (Lipinski definition) is 2. The van der Waals surface area contributed by atoms with E-state index >= 15 is 0 Å². The molecule has 0 N–H and O–H groups in total. The zero-order valence-corrected chi connectivity index (χ0v) is 17.1. The Morgan fingerprint density at radius 3 is 2.21 bits per heavy atom. The highest BCUT2D eigenvalue weighted by atomic mass is 35.5. The van der Waals surface area contributed by atoms with Gasteiger partial charge < -0.3 is 9.80 Å². The zero-order chi connectivity index (χ0) is 19.7. The highest BCUT2D eigenvalue weighted by molar-refractivity contribution is 6.34. The van der Waals surface area contributed by atoms with Crippen LogP contribution in [0.4, 0.5) is 10.1 Å². The lowest BCUT2D eigenvalue weighted by molar-refractivity contribution is -0.133. The molecule has 4 rings (SSSR count). The average molecular weight is 421 g/mol. The van der Waals surface area contributed by atoms with Crippen LogP contribution in [0.2, 0.25) is 10.0 Å². The molecule has 1 amide bonds. The molecule has 28 heavy (non-hydrogen) atoms. The predicted octanol–water partition coefficient (Wildman–Crippen LogP) is 5.40. The van der Waals surface area contributed by atoms with Crippen molar-refractivity contribution in [3.8, 4) is 0 Å². The van der Waals surface area contributed by atoms with Crippen LogP contribution in [0.5, 0.6) is 0 Å². The van der Waals surface area contributed by atoms with E-state index in [1.54, 1.807) is 6.07 Å². The van der Waals surface area contributed by atoms with E-state index < -0.39 is 0 Å². The van der Waals surface area contributed by atoms with Crippen LogP contribution in [0, 0.1) is 17.7 Å². The summed E-state index contributed by atoms with van der Waals surface area (Å²) >= 11 is 12.2. The maximum absolute atomic E-state index is 13.1. The molecule has 6 heteroatoms. The summed E-state index contributed by atoms with van der Waals surface area (Å²) in [6, 6.07) is 12.1. The summed E-state index contributed by atoms with van der Waals surface area (Å²) in [4.78, 5) is 17.2. The van der Waals surface area contributed by atoms with E-state index in [9.17, 15) is 9.18 Å². The first-order valence-electron chi connectivity index (χ1n) is 9.74. The van der Waals surface area contributed by atoms with Crippen molar-refractivity contribution in [2.24, 2.45) is 11.8 Å². The van der Waals surface area contributed by atoms with Crippen LogP contribution in [0.15, 0.2) is 42.5 Å². The number of benzene rings is 2. The Labute approximate surface area is 175 Å². The van der Waals surface area contributed by atoms with E-state index in [0.717, 1.165) is 50.1 Å². The number of nitrogens with zero attached hydrogens (tertiary/aromatic N) is 2. The van der Waals surface area contributed by atoms with Crippen LogP contribution in [0.25, 0.3) is 0 Å². The van der Waals surface area contributed by atoms with Gasteiger partial charge in [0.25, 0.3) is 0 Å². The number of anilines is 1. The fourth-order valence-corrected chi connectivity index (χ4v) is 5.06. The molecular formula is C22H23Cl2FN2O. The summed E-state index contributed by atoms with van der Waals surface area (Å²) < 4.78 is 13.1. The first-order valence-corrected chi connectivity index (χ1v) is 10.5. The van der Waals surface area contributed by atoms with Gasteiger partial charge in [-0.25, -0.2) is 4.39 Å². The van der Waals surface area contributed by atoms with Gasteiger partial charge in [-0.3, -0.25) is 4.79 Å². The molecule has 0 aromatic heterocycles. The summed E-state index contributed by atoms with van der Waals surface area (Å²) in [6.45, 7) is 3.16. The molecule has 0 spiro atoms. The normalized spacial score (nSPS) is 20.8. The molecule has 2 aliphatic heterocycles. The van der Waals surface area contributed by atoms with Crippen LogP contribution in [0.1, 0.15) is 24.8 Å². The minimum Gasteiger partial charge on any atom is -0.372 e. The molecule has 0 radical (unpaired) electrons. The summed E-state index contributed by atoms with van der Waals surface area (Å²) in [7, 11) is 0. The van der Waals surface area contributed by atoms with Gasteiger partial charge in [-0.1, -0.05) is 23.2 Å². The van der Waals surface area contributed by atoms with Gasteiger partial charge in [-0.15, -0.1) is 0 Å². The smallest absolute Gasteiger partial charge is 0.226 e. The second-order valence-corrected chi connectivity index (χ2v) is 8.61. The molecule has 2 aromatic carbocycles. The molecule has 1 atom stereocenters. The molecule has 2 saturated heterocycles. The Kier molecular flexibility index (Phi) is 5.79. The largest absolute Gasteiger partial charge is 0.372 e. The van der Waals surface area contributed by atoms with Gasteiger partial charge in [0, 0.05) is 47.8 Å². The lowest BCUT2D eigenvalue weighted by Gasteiger charge is -2.35. The average Bonchev–Trinajstić information content (AvgIpc) is 3.02. The van der Waals surface area contributed by atoms with Gasteiger partial charge in [-0.05, 0) is 73.2 Å². The Morgan fingerprint density at radius 1 is 0.929 bits per heavy atom. The lowest BCUT2D eigenvalue weighted by atomic mass is 9.83. The standard InChI is InChI=1S/C22H23Cl2FN2O/c23-17-11-15(12-18(24)13-17)14-27-10-7-21(22(27)28)16-5-8-26(9-6-16)20-3-1-19(25)2-4-20/h1-4,11-13,16,21H,5-10,14H2. The third kappa shape index (κ3) is 4.28. The summed E-state index contributed by atoms with van der Waals surface area (Å²) in [5.74, 6) is 0.551. The summed E-state index contributed by atoms with van der Waals surface area (Å²) in [5.41, 5.74) is 2.02. The quantitative estimate of drug-likeness (QED) is 0.660. The maximum atomic E-state index is 13.1. The zero-order valence-electron chi connectivity index (χ0n) is 15.6. The fourth-order valence-electron chi connectivity index (χ4n) is 4.49. The van der Waals surface area contributed by atoms with Gasteiger partial charge >= 0.3 is 0 Å². The van der Waals surface area contributed by atoms with Gasteiger partial charge in [-0.2, -0.15) is 0 Å². The third-order valence-electron chi connectivity index (χ3n) is 5.94. The molecule has 0 bridgehead atoms. The first kappa shape index (κ1) is 19.5. The number of amides is 1. The van der Waals surface area contributed by atoms with Crippen molar-refractivity contribution in [1.82, 2.24) is 4.90 Å². The molecule has 148 valence electrons. The van der Waals surface area contributed by atoms with Crippen molar-refractivity contribution in [2.45, 2.75) is 25.8 Å². The van der Waals surface area contributed by atoms with Crippen LogP contribution in [-0.2, 0) is 11.3 Å². The van der Waals surface area contributed by atoms with E-state index in [1.807, 2.05) is 29.2 Å². The van der Waals surface area contributed by atoms with Crippen molar-refractivity contribution in [2.75, 3.05) is 24.5 Å². The monoisotopic (exact) mass is 420 g/mol. The second kappa shape index (κ2) is 8.30. The SMILES string of the molecule is O=C1C(C2CCN(c3ccc(F)cc3)CC2)CCN1Cc1cc(Cl)cc(Cl)c1. The molecule has 0 aliphatic carbocycles. The number of hydrogen-bond donors (Lipinski definition) is 0. The molecule has 2 aliphatic rings. The highest BCUT2D eigenvalue weighted by Gasteiger charge is 2.38. The highest BCUT2D eigenvalue weighted by Crippen LogP contribution is 2.35. The number of rotatable bonds is 4. The topological polar surface area (TPSA) is 23.6 Å². The molecule has 2 aromatic rings. The predicted molar refractivity (Wildman–Crippen MR) is 111 cm³/mol. The minimum absolute atomic E-state index is 0.102. The molecule has 3 nitrogen and oxygen atoms in total. The van der Waals surface area contributed by atoms with Gasteiger partial charge in [0.05, 0.1) is 0 Å². The molecular weight excluding hydrogens is 398 g/mol. The summed E-state index contributed by atoms with van der Waals surface area (Å²) in [5, 5.41) is 1.19. The van der Waals surface area contributed by atoms with Crippen molar-refractivity contribution in [1.29, 1.82) is 0 Å². The Morgan fingerprint density at radius 2 is 1.57 bits per heavy atom. The second-order valence-electron chi connectivity index (χ2n) is 7.73.